The van der Waals surface area contributed by atoms with Crippen molar-refractivity contribution in [3.8, 4) is 0 Å². The second-order valence-electron chi connectivity index (χ2n) is 1.86. The highest BCUT2D eigenvalue weighted by molar-refractivity contribution is 5.46. The van der Waals surface area contributed by atoms with Crippen LogP contribution in [0.15, 0.2) is 0 Å². The van der Waals surface area contributed by atoms with E-state index in [1.165, 1.54) is 0 Å². The first-order chi connectivity index (χ1) is 4.35. The third-order valence-corrected chi connectivity index (χ3v) is 1.05. The SMILES string of the molecule is CCCN(C=O)CCO. The Kier molecular flexibility index (Phi) is 5.21. The van der Waals surface area contributed by atoms with Gasteiger partial charge in [0.15, 0.2) is 0 Å². The Labute approximate surface area is 55.3 Å². The van der Waals surface area contributed by atoms with Crippen molar-refractivity contribution in [3.63, 3.8) is 0 Å². The van der Waals surface area contributed by atoms with Crippen molar-refractivity contribution in [1.29, 1.82) is 0 Å². The standard InChI is InChI=1S/C6H13NO2/c1-2-3-7(6-9)4-5-8/h6,8H,2-5H2,1H3. The molecule has 1 amide bonds. The van der Waals surface area contributed by atoms with Gasteiger partial charge in [-0.05, 0) is 6.42 Å². The number of amides is 1. The molecule has 0 heterocycles. The number of carbonyl (C=O) groups is 1. The van der Waals surface area contributed by atoms with Crippen LogP contribution in [0.2, 0.25) is 0 Å². The van der Waals surface area contributed by atoms with Gasteiger partial charge in [0, 0.05) is 13.1 Å². The van der Waals surface area contributed by atoms with Crippen molar-refractivity contribution in [2.24, 2.45) is 0 Å². The summed E-state index contributed by atoms with van der Waals surface area (Å²) in [5, 5.41) is 8.39. The summed E-state index contributed by atoms with van der Waals surface area (Å²) in [6, 6.07) is 0. The normalized spacial score (nSPS) is 9.11. The quantitative estimate of drug-likeness (QED) is 0.527. The van der Waals surface area contributed by atoms with Gasteiger partial charge < -0.3 is 10.0 Å². The fourth-order valence-electron chi connectivity index (χ4n) is 0.633. The summed E-state index contributed by atoms with van der Waals surface area (Å²) in [5.74, 6) is 0. The van der Waals surface area contributed by atoms with Crippen LogP contribution in [0, 0.1) is 0 Å². The molecular weight excluding hydrogens is 118 g/mol. The lowest BCUT2D eigenvalue weighted by molar-refractivity contribution is -0.118. The molecule has 0 saturated heterocycles. The van der Waals surface area contributed by atoms with Crippen LogP contribution in [0.25, 0.3) is 0 Å². The first kappa shape index (κ1) is 8.43. The molecule has 54 valence electrons. The van der Waals surface area contributed by atoms with E-state index in [-0.39, 0.29) is 6.61 Å². The van der Waals surface area contributed by atoms with Crippen molar-refractivity contribution in [3.05, 3.63) is 0 Å². The number of nitrogens with zero attached hydrogens (tertiary/aromatic N) is 1. The van der Waals surface area contributed by atoms with Crippen molar-refractivity contribution in [2.45, 2.75) is 13.3 Å². The molecule has 9 heavy (non-hydrogen) atoms. The summed E-state index contributed by atoms with van der Waals surface area (Å²) in [4.78, 5) is 11.7. The fraction of sp³-hybridized carbons (Fsp3) is 0.833. The molecule has 0 fully saturated rings. The Morgan fingerprint density at radius 2 is 2.22 bits per heavy atom. The van der Waals surface area contributed by atoms with E-state index in [0.29, 0.717) is 6.54 Å². The number of hydrogen-bond acceptors (Lipinski definition) is 2. The smallest absolute Gasteiger partial charge is 0.209 e. The molecule has 0 aliphatic carbocycles. The van der Waals surface area contributed by atoms with E-state index in [1.54, 1.807) is 4.90 Å². The molecule has 0 unspecified atom stereocenters. The lowest BCUT2D eigenvalue weighted by Crippen LogP contribution is -2.25. The number of carbonyl (C=O) groups excluding carboxylic acids is 1. The van der Waals surface area contributed by atoms with Gasteiger partial charge in [-0.2, -0.15) is 0 Å². The van der Waals surface area contributed by atoms with Gasteiger partial charge in [-0.15, -0.1) is 0 Å². The summed E-state index contributed by atoms with van der Waals surface area (Å²) in [6.07, 6.45) is 1.71. The number of rotatable bonds is 5. The first-order valence-corrected chi connectivity index (χ1v) is 3.15. The van der Waals surface area contributed by atoms with Crippen molar-refractivity contribution < 1.29 is 9.90 Å². The molecule has 0 rings (SSSR count). The van der Waals surface area contributed by atoms with E-state index in [4.69, 9.17) is 5.11 Å². The molecule has 0 radical (unpaired) electrons. The first-order valence-electron chi connectivity index (χ1n) is 3.15. The second kappa shape index (κ2) is 5.56. The molecular formula is C6H13NO2. The van der Waals surface area contributed by atoms with Gasteiger partial charge in [0.25, 0.3) is 0 Å². The van der Waals surface area contributed by atoms with E-state index in [0.717, 1.165) is 19.4 Å². The minimum Gasteiger partial charge on any atom is -0.395 e. The number of aliphatic hydroxyl groups excluding tert-OH is 1. The molecule has 3 heteroatoms. The van der Waals surface area contributed by atoms with Crippen LogP contribution in [0.1, 0.15) is 13.3 Å². The Bertz CT molecular complexity index is 69.5. The van der Waals surface area contributed by atoms with Crippen LogP contribution in [-0.4, -0.2) is 36.1 Å². The summed E-state index contributed by atoms with van der Waals surface area (Å²) in [7, 11) is 0. The minimum atomic E-state index is 0.0543. The molecule has 0 aromatic carbocycles. The van der Waals surface area contributed by atoms with E-state index in [2.05, 4.69) is 0 Å². The average molecular weight is 131 g/mol. The van der Waals surface area contributed by atoms with E-state index in [9.17, 15) is 4.79 Å². The zero-order chi connectivity index (χ0) is 7.11. The van der Waals surface area contributed by atoms with Gasteiger partial charge in [-0.25, -0.2) is 0 Å². The van der Waals surface area contributed by atoms with Crippen molar-refractivity contribution >= 4 is 6.41 Å². The molecule has 0 aromatic heterocycles. The highest BCUT2D eigenvalue weighted by Gasteiger charge is 1.95. The van der Waals surface area contributed by atoms with Gasteiger partial charge in [0.1, 0.15) is 0 Å². The highest BCUT2D eigenvalue weighted by Crippen LogP contribution is 1.83. The van der Waals surface area contributed by atoms with Crippen LogP contribution >= 0.6 is 0 Å². The topological polar surface area (TPSA) is 40.5 Å². The zero-order valence-corrected chi connectivity index (χ0v) is 5.71. The second-order valence-corrected chi connectivity index (χ2v) is 1.86. The molecule has 0 saturated carbocycles. The van der Waals surface area contributed by atoms with Crippen LogP contribution in [-0.2, 0) is 4.79 Å². The van der Waals surface area contributed by atoms with E-state index in [1.807, 2.05) is 6.92 Å². The lowest BCUT2D eigenvalue weighted by Gasteiger charge is -2.13. The van der Waals surface area contributed by atoms with Crippen molar-refractivity contribution in [1.82, 2.24) is 4.90 Å². The van der Waals surface area contributed by atoms with Crippen LogP contribution in [0.5, 0.6) is 0 Å². The van der Waals surface area contributed by atoms with Gasteiger partial charge in [0.2, 0.25) is 6.41 Å². The van der Waals surface area contributed by atoms with Gasteiger partial charge >= 0.3 is 0 Å². The number of hydrogen-bond donors (Lipinski definition) is 1. The Morgan fingerprint density at radius 1 is 1.56 bits per heavy atom. The lowest BCUT2D eigenvalue weighted by atomic mass is 10.4. The maximum absolute atomic E-state index is 10.1. The summed E-state index contributed by atoms with van der Waals surface area (Å²) in [6.45, 7) is 3.24. The maximum atomic E-state index is 10.1. The Hall–Kier alpha value is -0.570. The third kappa shape index (κ3) is 3.97. The largest absolute Gasteiger partial charge is 0.395 e. The zero-order valence-electron chi connectivity index (χ0n) is 5.71. The van der Waals surface area contributed by atoms with E-state index >= 15 is 0 Å². The average Bonchev–Trinajstić information content (AvgIpc) is 1.88. The molecule has 0 aromatic rings. The predicted octanol–water partition coefficient (Wildman–Crippen LogP) is -0.153. The van der Waals surface area contributed by atoms with Crippen molar-refractivity contribution in [2.75, 3.05) is 19.7 Å². The Morgan fingerprint density at radius 3 is 2.56 bits per heavy atom. The molecule has 0 spiro atoms. The monoisotopic (exact) mass is 131 g/mol. The molecule has 3 nitrogen and oxygen atoms in total. The van der Waals surface area contributed by atoms with Gasteiger partial charge in [-0.1, -0.05) is 6.92 Å². The number of aliphatic hydroxyl groups is 1. The minimum absolute atomic E-state index is 0.0543. The third-order valence-electron chi connectivity index (χ3n) is 1.05. The summed E-state index contributed by atoms with van der Waals surface area (Å²) >= 11 is 0. The highest BCUT2D eigenvalue weighted by atomic mass is 16.3. The maximum Gasteiger partial charge on any atom is 0.209 e. The van der Waals surface area contributed by atoms with E-state index < -0.39 is 0 Å². The summed E-state index contributed by atoms with van der Waals surface area (Å²) < 4.78 is 0. The van der Waals surface area contributed by atoms with Crippen LogP contribution < -0.4 is 0 Å². The van der Waals surface area contributed by atoms with Gasteiger partial charge in [0.05, 0.1) is 6.61 Å². The molecule has 1 N–H and O–H groups in total. The van der Waals surface area contributed by atoms with Crippen LogP contribution in [0.3, 0.4) is 0 Å². The molecule has 0 aliphatic heterocycles. The molecule has 0 bridgehead atoms. The fourth-order valence-corrected chi connectivity index (χ4v) is 0.633. The molecule has 0 aliphatic rings. The summed E-state index contributed by atoms with van der Waals surface area (Å²) in [5.41, 5.74) is 0. The van der Waals surface area contributed by atoms with Gasteiger partial charge in [-0.3, -0.25) is 4.79 Å². The van der Waals surface area contributed by atoms with Crippen LogP contribution in [0.4, 0.5) is 0 Å². The Balaban J connectivity index is 3.29. The predicted molar refractivity (Wildman–Crippen MR) is 35.0 cm³/mol. The molecule has 0 atom stereocenters.